The fourth-order valence-corrected chi connectivity index (χ4v) is 4.31. The van der Waals surface area contributed by atoms with Crippen LogP contribution in [0.5, 0.6) is 11.5 Å². The van der Waals surface area contributed by atoms with Crippen molar-refractivity contribution in [3.63, 3.8) is 0 Å². The van der Waals surface area contributed by atoms with Crippen molar-refractivity contribution in [2.45, 2.75) is 12.5 Å². The number of halogens is 1. The van der Waals surface area contributed by atoms with Crippen molar-refractivity contribution in [2.75, 3.05) is 14.2 Å². The summed E-state index contributed by atoms with van der Waals surface area (Å²) in [7, 11) is 3.19. The van der Waals surface area contributed by atoms with Crippen LogP contribution in [0, 0.1) is 0 Å². The van der Waals surface area contributed by atoms with E-state index in [1.807, 2.05) is 53.9 Å². The van der Waals surface area contributed by atoms with Crippen LogP contribution in [0.1, 0.15) is 33.3 Å². The van der Waals surface area contributed by atoms with Crippen LogP contribution in [-0.4, -0.2) is 30.8 Å². The average molecular weight is 427 g/mol. The summed E-state index contributed by atoms with van der Waals surface area (Å²) in [6, 6.07) is 16.6. The number of carbonyl (C=O) groups is 1. The van der Waals surface area contributed by atoms with Crippen LogP contribution in [0.15, 0.2) is 65.1 Å². The van der Waals surface area contributed by atoms with Crippen molar-refractivity contribution < 1.29 is 14.3 Å². The molecule has 0 aliphatic carbocycles. The molecular formula is C22H19ClN2O3S. The maximum Gasteiger partial charge on any atom is 0.284 e. The minimum absolute atomic E-state index is 0.139. The van der Waals surface area contributed by atoms with Gasteiger partial charge in [-0.05, 0) is 41.3 Å². The Bertz CT molecular complexity index is 1070. The van der Waals surface area contributed by atoms with E-state index in [1.165, 1.54) is 11.3 Å². The first-order chi connectivity index (χ1) is 14.1. The van der Waals surface area contributed by atoms with E-state index in [0.717, 1.165) is 16.8 Å². The Balaban J connectivity index is 1.75. The second-order valence-electron chi connectivity index (χ2n) is 6.48. The first-order valence-corrected chi connectivity index (χ1v) is 10.3. The van der Waals surface area contributed by atoms with Gasteiger partial charge in [-0.25, -0.2) is 5.01 Å². The molecule has 1 amide bonds. The van der Waals surface area contributed by atoms with Gasteiger partial charge in [-0.1, -0.05) is 35.9 Å². The number of benzene rings is 2. The highest BCUT2D eigenvalue weighted by molar-refractivity contribution is 7.12. The molecule has 5 nitrogen and oxygen atoms in total. The van der Waals surface area contributed by atoms with E-state index in [4.69, 9.17) is 26.2 Å². The first-order valence-electron chi connectivity index (χ1n) is 9.03. The number of methoxy groups -OCH3 is 2. The molecule has 0 N–H and O–H groups in total. The second kappa shape index (κ2) is 8.27. The van der Waals surface area contributed by atoms with E-state index >= 15 is 0 Å². The van der Waals surface area contributed by atoms with Gasteiger partial charge in [0.2, 0.25) is 0 Å². The Hall–Kier alpha value is -2.83. The van der Waals surface area contributed by atoms with E-state index in [9.17, 15) is 4.79 Å². The van der Waals surface area contributed by atoms with E-state index < -0.39 is 0 Å². The van der Waals surface area contributed by atoms with Crippen molar-refractivity contribution in [1.82, 2.24) is 5.01 Å². The van der Waals surface area contributed by atoms with Gasteiger partial charge in [0, 0.05) is 17.0 Å². The van der Waals surface area contributed by atoms with Crippen LogP contribution in [0.3, 0.4) is 0 Å². The Labute approximate surface area is 178 Å². The lowest BCUT2D eigenvalue weighted by atomic mass is 9.98. The van der Waals surface area contributed by atoms with Gasteiger partial charge in [-0.3, -0.25) is 4.79 Å². The number of rotatable bonds is 5. The lowest BCUT2D eigenvalue weighted by Crippen LogP contribution is -2.26. The van der Waals surface area contributed by atoms with E-state index in [2.05, 4.69) is 0 Å². The van der Waals surface area contributed by atoms with Gasteiger partial charge in [-0.15, -0.1) is 11.3 Å². The zero-order valence-electron chi connectivity index (χ0n) is 16.0. The van der Waals surface area contributed by atoms with Crippen LogP contribution >= 0.6 is 22.9 Å². The summed E-state index contributed by atoms with van der Waals surface area (Å²) in [5.74, 6) is 1.12. The summed E-state index contributed by atoms with van der Waals surface area (Å²) in [6.07, 6.45) is 0.552. The van der Waals surface area contributed by atoms with Crippen molar-refractivity contribution >= 4 is 34.6 Å². The number of hydrogen-bond donors (Lipinski definition) is 0. The van der Waals surface area contributed by atoms with Gasteiger partial charge in [-0.2, -0.15) is 5.10 Å². The summed E-state index contributed by atoms with van der Waals surface area (Å²) in [5, 5.41) is 8.73. The third-order valence-corrected chi connectivity index (χ3v) is 6.03. The Morgan fingerprint density at radius 1 is 1.10 bits per heavy atom. The number of carbonyl (C=O) groups excluding carboxylic acids is 1. The molecule has 2 heterocycles. The lowest BCUT2D eigenvalue weighted by Gasteiger charge is -2.22. The number of amides is 1. The summed E-state index contributed by atoms with van der Waals surface area (Å²) < 4.78 is 10.7. The normalized spacial score (nSPS) is 15.9. The van der Waals surface area contributed by atoms with Gasteiger partial charge in [0.1, 0.15) is 0 Å². The van der Waals surface area contributed by atoms with Crippen LogP contribution < -0.4 is 9.47 Å². The Morgan fingerprint density at radius 3 is 2.59 bits per heavy atom. The summed E-state index contributed by atoms with van der Waals surface area (Å²) >= 11 is 7.85. The minimum atomic E-state index is -0.276. The molecule has 29 heavy (non-hydrogen) atoms. The molecular weight excluding hydrogens is 408 g/mol. The molecule has 1 aliphatic heterocycles. The molecule has 1 aliphatic rings. The number of ether oxygens (including phenoxy) is 2. The molecule has 0 radical (unpaired) electrons. The van der Waals surface area contributed by atoms with E-state index in [-0.39, 0.29) is 11.9 Å². The summed E-state index contributed by atoms with van der Waals surface area (Å²) in [4.78, 5) is 13.8. The zero-order valence-corrected chi connectivity index (χ0v) is 17.5. The standard InChI is InChI=1S/C22H19ClN2O3S/c1-27-19-10-9-14(12-20(19)28-2)17-13-18(15-6-3-4-7-16(15)23)25(24-17)22(26)21-8-5-11-29-21/h3-12,18H,13H2,1-2H3/t18-/m0/s1. The predicted octanol–water partition coefficient (Wildman–Crippen LogP) is 5.41. The van der Waals surface area contributed by atoms with Crippen molar-refractivity contribution in [1.29, 1.82) is 0 Å². The second-order valence-corrected chi connectivity index (χ2v) is 7.84. The molecule has 1 aromatic heterocycles. The third-order valence-electron chi connectivity index (χ3n) is 4.83. The largest absolute Gasteiger partial charge is 0.493 e. The molecule has 4 rings (SSSR count). The van der Waals surface area contributed by atoms with Gasteiger partial charge in [0.15, 0.2) is 11.5 Å². The topological polar surface area (TPSA) is 51.1 Å². The molecule has 0 unspecified atom stereocenters. The highest BCUT2D eigenvalue weighted by atomic mass is 35.5. The molecule has 2 aromatic carbocycles. The molecule has 7 heteroatoms. The van der Waals surface area contributed by atoms with Gasteiger partial charge < -0.3 is 9.47 Å². The molecule has 148 valence electrons. The van der Waals surface area contributed by atoms with E-state index in [0.29, 0.717) is 27.8 Å². The van der Waals surface area contributed by atoms with Crippen LogP contribution in [-0.2, 0) is 0 Å². The number of nitrogens with zero attached hydrogens (tertiary/aromatic N) is 2. The number of thiophene rings is 1. The van der Waals surface area contributed by atoms with Gasteiger partial charge in [0.25, 0.3) is 5.91 Å². The SMILES string of the molecule is COc1ccc(C2=NN(C(=O)c3cccs3)[C@H](c3ccccc3Cl)C2)cc1OC. The minimum Gasteiger partial charge on any atom is -0.493 e. The summed E-state index contributed by atoms with van der Waals surface area (Å²) in [6.45, 7) is 0. The number of hydrogen-bond acceptors (Lipinski definition) is 5. The smallest absolute Gasteiger partial charge is 0.284 e. The maximum absolute atomic E-state index is 13.1. The van der Waals surface area contributed by atoms with Crippen LogP contribution in [0.25, 0.3) is 0 Å². The lowest BCUT2D eigenvalue weighted by molar-refractivity contribution is 0.0716. The summed E-state index contributed by atoms with van der Waals surface area (Å²) in [5.41, 5.74) is 2.54. The van der Waals surface area contributed by atoms with Gasteiger partial charge >= 0.3 is 0 Å². The molecule has 3 aromatic rings. The van der Waals surface area contributed by atoms with Crippen molar-refractivity contribution in [2.24, 2.45) is 5.10 Å². The Kier molecular flexibility index (Phi) is 5.56. The maximum atomic E-state index is 13.1. The molecule has 0 bridgehead atoms. The number of hydrazone groups is 1. The third kappa shape index (κ3) is 3.73. The molecule has 0 saturated carbocycles. The predicted molar refractivity (Wildman–Crippen MR) is 115 cm³/mol. The molecule has 1 atom stereocenters. The van der Waals surface area contributed by atoms with Crippen molar-refractivity contribution in [3.8, 4) is 11.5 Å². The fraction of sp³-hybridized carbons (Fsp3) is 0.182. The van der Waals surface area contributed by atoms with Gasteiger partial charge in [0.05, 0.1) is 30.9 Å². The quantitative estimate of drug-likeness (QED) is 0.548. The molecule has 0 saturated heterocycles. The highest BCUT2D eigenvalue weighted by Gasteiger charge is 2.35. The molecule has 0 spiro atoms. The molecule has 0 fully saturated rings. The van der Waals surface area contributed by atoms with Crippen molar-refractivity contribution in [3.05, 3.63) is 81.0 Å². The average Bonchev–Trinajstić information content (AvgIpc) is 3.43. The van der Waals surface area contributed by atoms with Crippen LogP contribution in [0.2, 0.25) is 5.02 Å². The van der Waals surface area contributed by atoms with Crippen LogP contribution in [0.4, 0.5) is 0 Å². The van der Waals surface area contributed by atoms with E-state index in [1.54, 1.807) is 25.3 Å². The zero-order chi connectivity index (χ0) is 20.4. The fourth-order valence-electron chi connectivity index (χ4n) is 3.39. The first kappa shape index (κ1) is 19.5. The highest BCUT2D eigenvalue weighted by Crippen LogP contribution is 2.38. The Morgan fingerprint density at radius 2 is 1.90 bits per heavy atom. The monoisotopic (exact) mass is 426 g/mol.